The maximum atomic E-state index is 11.4. The number of rotatable bonds is 1. The van der Waals surface area contributed by atoms with Crippen LogP contribution in [0.2, 0.25) is 5.15 Å². The summed E-state index contributed by atoms with van der Waals surface area (Å²) >= 11 is 7.18. The Kier molecular flexibility index (Phi) is 3.18. The fourth-order valence-electron chi connectivity index (χ4n) is 1.52. The number of thiazole rings is 1. The molecular formula is C8H11ClN2O2S2. The molecule has 0 atom stereocenters. The molecule has 0 N–H and O–H groups in total. The molecular weight excluding hydrogens is 256 g/mol. The Morgan fingerprint density at radius 1 is 1.40 bits per heavy atom. The Bertz CT molecular complexity index is 443. The summed E-state index contributed by atoms with van der Waals surface area (Å²) in [4.78, 5) is 6.13. The quantitative estimate of drug-likeness (QED) is 0.772. The van der Waals surface area contributed by atoms with E-state index in [1.807, 2.05) is 4.90 Å². The van der Waals surface area contributed by atoms with E-state index in [0.717, 1.165) is 11.7 Å². The van der Waals surface area contributed by atoms with Crippen molar-refractivity contribution in [3.05, 3.63) is 10.5 Å². The summed E-state index contributed by atoms with van der Waals surface area (Å²) in [6.45, 7) is 1.26. The second kappa shape index (κ2) is 4.27. The third-order valence-corrected chi connectivity index (χ3v) is 5.23. The summed E-state index contributed by atoms with van der Waals surface area (Å²) in [6.07, 6.45) is 0.666. The van der Waals surface area contributed by atoms with E-state index in [1.165, 1.54) is 11.3 Å². The van der Waals surface area contributed by atoms with Crippen molar-refractivity contribution < 1.29 is 8.42 Å². The molecule has 1 aliphatic rings. The summed E-state index contributed by atoms with van der Waals surface area (Å²) in [5, 5.41) is 3.05. The first kappa shape index (κ1) is 11.2. The minimum Gasteiger partial charge on any atom is -0.347 e. The molecule has 1 saturated heterocycles. The van der Waals surface area contributed by atoms with E-state index in [9.17, 15) is 8.42 Å². The topological polar surface area (TPSA) is 50.3 Å². The Hall–Kier alpha value is -0.330. The van der Waals surface area contributed by atoms with Crippen LogP contribution in [0.1, 0.15) is 6.42 Å². The predicted molar refractivity (Wildman–Crippen MR) is 62.6 cm³/mol. The molecule has 0 saturated carbocycles. The lowest BCUT2D eigenvalue weighted by Crippen LogP contribution is -2.26. The highest BCUT2D eigenvalue weighted by atomic mass is 35.5. The van der Waals surface area contributed by atoms with Crippen molar-refractivity contribution in [2.24, 2.45) is 0 Å². The number of sulfone groups is 1. The fraction of sp³-hybridized carbons (Fsp3) is 0.625. The van der Waals surface area contributed by atoms with Crippen molar-refractivity contribution in [1.82, 2.24) is 4.98 Å². The lowest BCUT2D eigenvalue weighted by atomic mass is 10.4. The van der Waals surface area contributed by atoms with Gasteiger partial charge in [-0.1, -0.05) is 11.6 Å². The van der Waals surface area contributed by atoms with E-state index in [2.05, 4.69) is 4.98 Å². The molecule has 0 radical (unpaired) electrons. The van der Waals surface area contributed by atoms with Gasteiger partial charge in [0.2, 0.25) is 0 Å². The van der Waals surface area contributed by atoms with Crippen LogP contribution in [0, 0.1) is 0 Å². The minimum absolute atomic E-state index is 0.212. The zero-order valence-corrected chi connectivity index (χ0v) is 10.4. The molecule has 0 unspecified atom stereocenters. The summed E-state index contributed by atoms with van der Waals surface area (Å²) in [7, 11) is -2.85. The van der Waals surface area contributed by atoms with Gasteiger partial charge in [-0.2, -0.15) is 0 Å². The van der Waals surface area contributed by atoms with Crippen molar-refractivity contribution in [1.29, 1.82) is 0 Å². The molecule has 0 amide bonds. The third-order valence-electron chi connectivity index (χ3n) is 2.29. The molecule has 84 valence electrons. The van der Waals surface area contributed by atoms with Crippen molar-refractivity contribution in [2.75, 3.05) is 29.5 Å². The van der Waals surface area contributed by atoms with Crippen LogP contribution in [0.15, 0.2) is 5.38 Å². The molecule has 2 heterocycles. The number of hydrogen-bond acceptors (Lipinski definition) is 5. The van der Waals surface area contributed by atoms with Gasteiger partial charge in [-0.3, -0.25) is 0 Å². The SMILES string of the molecule is O=S1(=O)CCCN(c2nc(Cl)cs2)CC1. The first-order valence-corrected chi connectivity index (χ1v) is 7.71. The molecule has 0 spiro atoms. The molecule has 4 nitrogen and oxygen atoms in total. The summed E-state index contributed by atoms with van der Waals surface area (Å²) in [5.41, 5.74) is 0. The number of nitrogens with zero attached hydrogens (tertiary/aromatic N) is 2. The first-order chi connectivity index (χ1) is 7.07. The van der Waals surface area contributed by atoms with Crippen molar-refractivity contribution in [3.8, 4) is 0 Å². The Morgan fingerprint density at radius 2 is 2.20 bits per heavy atom. The maximum Gasteiger partial charge on any atom is 0.186 e. The summed E-state index contributed by atoms with van der Waals surface area (Å²) < 4.78 is 22.8. The molecule has 2 rings (SSSR count). The second-order valence-corrected chi connectivity index (χ2v) is 6.97. The number of anilines is 1. The van der Waals surface area contributed by atoms with Gasteiger partial charge in [-0.05, 0) is 6.42 Å². The highest BCUT2D eigenvalue weighted by Gasteiger charge is 2.20. The molecule has 1 aromatic rings. The Labute approximate surface area is 97.8 Å². The number of halogens is 1. The highest BCUT2D eigenvalue weighted by Crippen LogP contribution is 2.24. The molecule has 1 aliphatic heterocycles. The standard InChI is InChI=1S/C8H11ClN2O2S2/c9-7-6-14-8(10-7)11-2-1-4-15(12,13)5-3-11/h6H,1-5H2. The van der Waals surface area contributed by atoms with E-state index in [4.69, 9.17) is 11.6 Å². The Morgan fingerprint density at radius 3 is 2.87 bits per heavy atom. The van der Waals surface area contributed by atoms with Crippen LogP contribution in [0.3, 0.4) is 0 Å². The van der Waals surface area contributed by atoms with Gasteiger partial charge in [0.15, 0.2) is 15.0 Å². The zero-order chi connectivity index (χ0) is 10.9. The normalized spacial score (nSPS) is 21.3. The van der Waals surface area contributed by atoms with Crippen LogP contribution in [0.5, 0.6) is 0 Å². The predicted octanol–water partition coefficient (Wildman–Crippen LogP) is 1.42. The third kappa shape index (κ3) is 2.83. The van der Waals surface area contributed by atoms with Gasteiger partial charge in [0.05, 0.1) is 11.5 Å². The lowest BCUT2D eigenvalue weighted by molar-refractivity contribution is 0.597. The largest absolute Gasteiger partial charge is 0.347 e. The number of hydrogen-bond donors (Lipinski definition) is 0. The second-order valence-electron chi connectivity index (χ2n) is 3.45. The van der Waals surface area contributed by atoms with Gasteiger partial charge in [0.1, 0.15) is 5.15 Å². The highest BCUT2D eigenvalue weighted by molar-refractivity contribution is 7.91. The molecule has 0 bridgehead atoms. The lowest BCUT2D eigenvalue weighted by Gasteiger charge is -2.17. The van der Waals surface area contributed by atoms with Gasteiger partial charge in [0.25, 0.3) is 0 Å². The molecule has 15 heavy (non-hydrogen) atoms. The summed E-state index contributed by atoms with van der Waals surface area (Å²) in [5.74, 6) is 0.493. The van der Waals surface area contributed by atoms with Gasteiger partial charge >= 0.3 is 0 Å². The van der Waals surface area contributed by atoms with Crippen LogP contribution in [-0.2, 0) is 9.84 Å². The van der Waals surface area contributed by atoms with E-state index in [-0.39, 0.29) is 11.5 Å². The average molecular weight is 267 g/mol. The smallest absolute Gasteiger partial charge is 0.186 e. The van der Waals surface area contributed by atoms with Crippen molar-refractivity contribution in [3.63, 3.8) is 0 Å². The average Bonchev–Trinajstić information content (AvgIpc) is 2.49. The van der Waals surface area contributed by atoms with Gasteiger partial charge in [0, 0.05) is 18.5 Å². The van der Waals surface area contributed by atoms with E-state index in [0.29, 0.717) is 18.1 Å². The molecule has 0 aromatic carbocycles. The fourth-order valence-corrected chi connectivity index (χ4v) is 3.79. The molecule has 0 aliphatic carbocycles. The van der Waals surface area contributed by atoms with E-state index in [1.54, 1.807) is 5.38 Å². The first-order valence-electron chi connectivity index (χ1n) is 4.63. The minimum atomic E-state index is -2.85. The van der Waals surface area contributed by atoms with Crippen LogP contribution < -0.4 is 4.90 Å². The zero-order valence-electron chi connectivity index (χ0n) is 8.02. The van der Waals surface area contributed by atoms with Gasteiger partial charge < -0.3 is 4.90 Å². The van der Waals surface area contributed by atoms with Crippen LogP contribution >= 0.6 is 22.9 Å². The van der Waals surface area contributed by atoms with Crippen LogP contribution in [-0.4, -0.2) is 38.0 Å². The van der Waals surface area contributed by atoms with Crippen molar-refractivity contribution >= 4 is 37.9 Å². The molecule has 1 fully saturated rings. The summed E-state index contributed by atoms with van der Waals surface area (Å²) in [6, 6.07) is 0. The Balaban J connectivity index is 2.12. The van der Waals surface area contributed by atoms with Crippen molar-refractivity contribution in [2.45, 2.75) is 6.42 Å². The maximum absolute atomic E-state index is 11.4. The van der Waals surface area contributed by atoms with E-state index < -0.39 is 9.84 Å². The van der Waals surface area contributed by atoms with Crippen LogP contribution in [0.25, 0.3) is 0 Å². The van der Waals surface area contributed by atoms with E-state index >= 15 is 0 Å². The van der Waals surface area contributed by atoms with Gasteiger partial charge in [-0.15, -0.1) is 11.3 Å². The number of aromatic nitrogens is 1. The van der Waals surface area contributed by atoms with Gasteiger partial charge in [-0.25, -0.2) is 13.4 Å². The monoisotopic (exact) mass is 266 g/mol. The van der Waals surface area contributed by atoms with Crippen LogP contribution in [0.4, 0.5) is 5.13 Å². The molecule has 7 heteroatoms. The molecule has 1 aromatic heterocycles.